The molecule has 2 heterocycles. The predicted octanol–water partition coefficient (Wildman–Crippen LogP) is 4.49. The summed E-state index contributed by atoms with van der Waals surface area (Å²) in [4.78, 5) is 20.5. The minimum Gasteiger partial charge on any atom is -0.497 e. The van der Waals surface area contributed by atoms with Gasteiger partial charge < -0.3 is 9.64 Å². The van der Waals surface area contributed by atoms with E-state index in [-0.39, 0.29) is 5.91 Å². The van der Waals surface area contributed by atoms with Crippen LogP contribution in [-0.2, 0) is 4.79 Å². The Hall–Kier alpha value is -2.45. The maximum absolute atomic E-state index is 13.0. The lowest BCUT2D eigenvalue weighted by Gasteiger charge is -2.22. The van der Waals surface area contributed by atoms with E-state index in [0.717, 1.165) is 34.9 Å². The van der Waals surface area contributed by atoms with E-state index < -0.39 is 0 Å². The standard InChI is InChI=1S/C21H22N4O2S2/c1-14-11-12-25(17-5-3-4-6-18(17)29-14)19(26)13-28-21-22-20(23-24-21)15-7-9-16(27-2)10-8-15/h3-10,14H,11-13H2,1-2H3,(H,22,23,24)/t14-/m0/s1. The van der Waals surface area contributed by atoms with Crippen LogP contribution in [0.25, 0.3) is 11.4 Å². The van der Waals surface area contributed by atoms with Crippen molar-refractivity contribution in [2.24, 2.45) is 0 Å². The second-order valence-electron chi connectivity index (χ2n) is 6.71. The number of aromatic amines is 1. The quantitative estimate of drug-likeness (QED) is 0.606. The van der Waals surface area contributed by atoms with Crippen LogP contribution in [0.5, 0.6) is 5.75 Å². The van der Waals surface area contributed by atoms with E-state index in [4.69, 9.17) is 4.74 Å². The average Bonchev–Trinajstić information content (AvgIpc) is 3.15. The van der Waals surface area contributed by atoms with Gasteiger partial charge in [0, 0.05) is 22.3 Å². The van der Waals surface area contributed by atoms with Crippen LogP contribution in [0.1, 0.15) is 13.3 Å². The van der Waals surface area contributed by atoms with Gasteiger partial charge in [-0.25, -0.2) is 4.98 Å². The number of amides is 1. The molecule has 0 saturated carbocycles. The number of hydrogen-bond donors (Lipinski definition) is 1. The van der Waals surface area contributed by atoms with E-state index >= 15 is 0 Å². The van der Waals surface area contributed by atoms with Gasteiger partial charge >= 0.3 is 0 Å². The average molecular weight is 427 g/mol. The number of ether oxygens (including phenoxy) is 1. The van der Waals surface area contributed by atoms with Crippen molar-refractivity contribution in [1.29, 1.82) is 0 Å². The summed E-state index contributed by atoms with van der Waals surface area (Å²) in [6.07, 6.45) is 0.970. The topological polar surface area (TPSA) is 71.1 Å². The zero-order chi connectivity index (χ0) is 20.2. The third-order valence-corrected chi connectivity index (χ3v) is 6.77. The highest BCUT2D eigenvalue weighted by Crippen LogP contribution is 2.37. The highest BCUT2D eigenvalue weighted by molar-refractivity contribution is 8.00. The fourth-order valence-electron chi connectivity index (χ4n) is 3.14. The molecule has 1 aliphatic rings. The molecule has 0 aliphatic carbocycles. The van der Waals surface area contributed by atoms with Crippen molar-refractivity contribution in [1.82, 2.24) is 15.2 Å². The Balaban J connectivity index is 1.43. The van der Waals surface area contributed by atoms with Crippen molar-refractivity contribution in [2.75, 3.05) is 24.3 Å². The minimum atomic E-state index is 0.0768. The van der Waals surface area contributed by atoms with Gasteiger partial charge in [-0.15, -0.1) is 16.9 Å². The Morgan fingerprint density at radius 3 is 2.86 bits per heavy atom. The Morgan fingerprint density at radius 2 is 2.07 bits per heavy atom. The number of fused-ring (bicyclic) bond motifs is 1. The first-order chi connectivity index (χ1) is 14.1. The number of nitrogens with one attached hydrogen (secondary N) is 1. The number of thioether (sulfide) groups is 2. The van der Waals surface area contributed by atoms with Crippen LogP contribution in [0, 0.1) is 0 Å². The zero-order valence-electron chi connectivity index (χ0n) is 16.3. The Bertz CT molecular complexity index is 990. The highest BCUT2D eigenvalue weighted by atomic mass is 32.2. The van der Waals surface area contributed by atoms with Gasteiger partial charge in [0.05, 0.1) is 18.6 Å². The van der Waals surface area contributed by atoms with E-state index in [1.165, 1.54) is 11.8 Å². The van der Waals surface area contributed by atoms with Gasteiger partial charge in [-0.2, -0.15) is 0 Å². The van der Waals surface area contributed by atoms with Gasteiger partial charge in [0.1, 0.15) is 5.75 Å². The molecule has 1 aromatic heterocycles. The van der Waals surface area contributed by atoms with Gasteiger partial charge in [-0.05, 0) is 42.8 Å². The molecule has 1 N–H and O–H groups in total. The summed E-state index contributed by atoms with van der Waals surface area (Å²) < 4.78 is 5.18. The summed E-state index contributed by atoms with van der Waals surface area (Å²) >= 11 is 3.18. The van der Waals surface area contributed by atoms with Crippen molar-refractivity contribution in [3.05, 3.63) is 48.5 Å². The molecule has 0 bridgehead atoms. The molecule has 0 radical (unpaired) electrons. The van der Waals surface area contributed by atoms with E-state index in [2.05, 4.69) is 28.2 Å². The lowest BCUT2D eigenvalue weighted by Crippen LogP contribution is -2.33. The molecule has 2 aromatic carbocycles. The number of hydrogen-bond acceptors (Lipinski definition) is 6. The lowest BCUT2D eigenvalue weighted by atomic mass is 10.2. The number of carbonyl (C=O) groups excluding carboxylic acids is 1. The summed E-state index contributed by atoms with van der Waals surface area (Å²) in [5, 5.41) is 8.24. The van der Waals surface area contributed by atoms with Gasteiger partial charge in [-0.1, -0.05) is 30.8 Å². The molecular formula is C21H22N4O2S2. The second-order valence-corrected chi connectivity index (χ2v) is 9.14. The molecule has 8 heteroatoms. The summed E-state index contributed by atoms with van der Waals surface area (Å²) in [7, 11) is 1.64. The van der Waals surface area contributed by atoms with E-state index in [1.807, 2.05) is 59.1 Å². The van der Waals surface area contributed by atoms with Crippen LogP contribution >= 0.6 is 23.5 Å². The van der Waals surface area contributed by atoms with E-state index in [0.29, 0.717) is 22.0 Å². The Labute approximate surface area is 178 Å². The van der Waals surface area contributed by atoms with Gasteiger partial charge in [0.15, 0.2) is 5.82 Å². The molecule has 1 aliphatic heterocycles. The minimum absolute atomic E-state index is 0.0768. The number of methoxy groups -OCH3 is 1. The number of anilines is 1. The maximum Gasteiger partial charge on any atom is 0.237 e. The third-order valence-electron chi connectivity index (χ3n) is 4.70. The van der Waals surface area contributed by atoms with Crippen LogP contribution < -0.4 is 9.64 Å². The molecule has 0 unspecified atom stereocenters. The van der Waals surface area contributed by atoms with E-state index in [1.54, 1.807) is 7.11 Å². The van der Waals surface area contributed by atoms with Crippen molar-refractivity contribution < 1.29 is 9.53 Å². The normalized spacial score (nSPS) is 16.2. The van der Waals surface area contributed by atoms with Crippen LogP contribution in [-0.4, -0.2) is 45.7 Å². The first-order valence-electron chi connectivity index (χ1n) is 9.39. The number of benzene rings is 2. The summed E-state index contributed by atoms with van der Waals surface area (Å²) in [6, 6.07) is 15.7. The van der Waals surface area contributed by atoms with Crippen molar-refractivity contribution in [3.63, 3.8) is 0 Å². The van der Waals surface area contributed by atoms with Crippen molar-refractivity contribution in [2.45, 2.75) is 28.6 Å². The number of H-pyrrole nitrogens is 1. The Kier molecular flexibility index (Phi) is 6.10. The lowest BCUT2D eigenvalue weighted by molar-refractivity contribution is -0.116. The third kappa shape index (κ3) is 4.59. The van der Waals surface area contributed by atoms with E-state index in [9.17, 15) is 4.79 Å². The van der Waals surface area contributed by atoms with Crippen LogP contribution in [0.15, 0.2) is 58.6 Å². The van der Waals surface area contributed by atoms with Crippen LogP contribution in [0.2, 0.25) is 0 Å². The number of aromatic nitrogens is 3. The molecule has 0 saturated heterocycles. The first-order valence-corrected chi connectivity index (χ1v) is 11.3. The molecule has 150 valence electrons. The zero-order valence-corrected chi connectivity index (χ0v) is 17.9. The highest BCUT2D eigenvalue weighted by Gasteiger charge is 2.24. The van der Waals surface area contributed by atoms with Crippen LogP contribution in [0.3, 0.4) is 0 Å². The van der Waals surface area contributed by atoms with Crippen LogP contribution in [0.4, 0.5) is 5.69 Å². The monoisotopic (exact) mass is 426 g/mol. The molecule has 4 rings (SSSR count). The molecule has 0 spiro atoms. The SMILES string of the molecule is COc1ccc(-c2nc(SCC(=O)N3CC[C@H](C)Sc4ccccc43)n[nH]2)cc1. The Morgan fingerprint density at radius 1 is 1.28 bits per heavy atom. The molecule has 1 amide bonds. The van der Waals surface area contributed by atoms with Gasteiger partial charge in [0.2, 0.25) is 11.1 Å². The molecule has 6 nitrogen and oxygen atoms in total. The number of nitrogens with zero attached hydrogens (tertiary/aromatic N) is 3. The largest absolute Gasteiger partial charge is 0.497 e. The van der Waals surface area contributed by atoms with Crippen molar-refractivity contribution >= 4 is 35.1 Å². The van der Waals surface area contributed by atoms with Gasteiger partial charge in [-0.3, -0.25) is 9.89 Å². The molecule has 1 atom stereocenters. The molecular weight excluding hydrogens is 404 g/mol. The van der Waals surface area contributed by atoms with Crippen molar-refractivity contribution in [3.8, 4) is 17.1 Å². The second kappa shape index (κ2) is 8.92. The molecule has 0 fully saturated rings. The first kappa shape index (κ1) is 19.8. The summed E-state index contributed by atoms with van der Waals surface area (Å²) in [5.74, 6) is 1.84. The molecule has 3 aromatic rings. The van der Waals surface area contributed by atoms with Gasteiger partial charge in [0.25, 0.3) is 0 Å². The fraction of sp³-hybridized carbons (Fsp3) is 0.286. The summed E-state index contributed by atoms with van der Waals surface area (Å²) in [5.41, 5.74) is 1.92. The smallest absolute Gasteiger partial charge is 0.237 e. The number of para-hydroxylation sites is 1. The number of carbonyl (C=O) groups is 1. The predicted molar refractivity (Wildman–Crippen MR) is 118 cm³/mol. The molecule has 29 heavy (non-hydrogen) atoms. The maximum atomic E-state index is 13.0. The number of rotatable bonds is 5. The fourth-order valence-corrected chi connectivity index (χ4v) is 4.93. The summed E-state index contributed by atoms with van der Waals surface area (Å²) in [6.45, 7) is 2.94.